The highest BCUT2D eigenvalue weighted by Gasteiger charge is 2.04. The van der Waals surface area contributed by atoms with Crippen molar-refractivity contribution >= 4 is 5.97 Å². The van der Waals surface area contributed by atoms with Gasteiger partial charge in [0.15, 0.2) is 12.4 Å². The van der Waals surface area contributed by atoms with Crippen LogP contribution in [0.3, 0.4) is 0 Å². The molecule has 88 valence electrons. The van der Waals surface area contributed by atoms with Crippen molar-refractivity contribution in [3.8, 4) is 11.4 Å². The van der Waals surface area contributed by atoms with Gasteiger partial charge in [0.2, 0.25) is 0 Å². The van der Waals surface area contributed by atoms with Gasteiger partial charge < -0.3 is 9.84 Å². The third kappa shape index (κ3) is 2.57. The first-order valence-electron chi connectivity index (χ1n) is 4.87. The van der Waals surface area contributed by atoms with Gasteiger partial charge in [-0.1, -0.05) is 0 Å². The van der Waals surface area contributed by atoms with Gasteiger partial charge in [-0.15, -0.1) is 5.10 Å². The first-order valence-corrected chi connectivity index (χ1v) is 4.87. The molecule has 0 spiro atoms. The van der Waals surface area contributed by atoms with Crippen LogP contribution in [0, 0.1) is 6.92 Å². The van der Waals surface area contributed by atoms with E-state index in [1.165, 1.54) is 0 Å². The lowest BCUT2D eigenvalue weighted by Gasteiger charge is -2.05. The standard InChI is InChI=1S/C10H10N4O3/c1-7-11-12-13-14(7)8-2-4-9(5-3-8)17-6-10(15)16/h2-5H,6H2,1H3,(H,15,16). The smallest absolute Gasteiger partial charge is 0.341 e. The summed E-state index contributed by atoms with van der Waals surface area (Å²) in [5.41, 5.74) is 0.787. The summed E-state index contributed by atoms with van der Waals surface area (Å²) in [7, 11) is 0. The first kappa shape index (κ1) is 11.1. The molecule has 1 heterocycles. The van der Waals surface area contributed by atoms with Gasteiger partial charge in [0.05, 0.1) is 5.69 Å². The van der Waals surface area contributed by atoms with Crippen LogP contribution in [0.4, 0.5) is 0 Å². The van der Waals surface area contributed by atoms with E-state index in [9.17, 15) is 4.79 Å². The van der Waals surface area contributed by atoms with Crippen LogP contribution in [0.2, 0.25) is 0 Å². The quantitative estimate of drug-likeness (QED) is 0.825. The summed E-state index contributed by atoms with van der Waals surface area (Å²) < 4.78 is 6.58. The molecule has 1 aromatic heterocycles. The molecule has 0 saturated carbocycles. The zero-order chi connectivity index (χ0) is 12.3. The number of hydrogen-bond acceptors (Lipinski definition) is 5. The Labute approximate surface area is 96.6 Å². The highest BCUT2D eigenvalue weighted by atomic mass is 16.5. The van der Waals surface area contributed by atoms with Crippen LogP contribution in [-0.2, 0) is 4.79 Å². The van der Waals surface area contributed by atoms with Crippen molar-refractivity contribution in [3.05, 3.63) is 30.1 Å². The minimum Gasteiger partial charge on any atom is -0.482 e. The molecular formula is C10H10N4O3. The second-order valence-electron chi connectivity index (χ2n) is 3.31. The Morgan fingerprint density at radius 2 is 2.12 bits per heavy atom. The fourth-order valence-corrected chi connectivity index (χ4v) is 1.30. The van der Waals surface area contributed by atoms with Crippen molar-refractivity contribution in [2.75, 3.05) is 6.61 Å². The Morgan fingerprint density at radius 1 is 1.41 bits per heavy atom. The number of aromatic nitrogens is 4. The number of ether oxygens (including phenoxy) is 1. The zero-order valence-corrected chi connectivity index (χ0v) is 9.07. The Bertz CT molecular complexity index is 521. The van der Waals surface area contributed by atoms with Crippen molar-refractivity contribution in [2.24, 2.45) is 0 Å². The largest absolute Gasteiger partial charge is 0.482 e. The minimum absolute atomic E-state index is 0.358. The number of aryl methyl sites for hydroxylation is 1. The van der Waals surface area contributed by atoms with Gasteiger partial charge in [0.1, 0.15) is 5.75 Å². The van der Waals surface area contributed by atoms with Gasteiger partial charge in [0, 0.05) is 0 Å². The molecule has 0 saturated heterocycles. The third-order valence-corrected chi connectivity index (χ3v) is 2.07. The van der Waals surface area contributed by atoms with Crippen LogP contribution in [0.5, 0.6) is 5.75 Å². The highest BCUT2D eigenvalue weighted by molar-refractivity contribution is 5.68. The number of aliphatic carboxylic acids is 1. The molecule has 0 amide bonds. The Balaban J connectivity index is 2.13. The minimum atomic E-state index is -1.01. The van der Waals surface area contributed by atoms with E-state index in [2.05, 4.69) is 15.5 Å². The Hall–Kier alpha value is -2.44. The molecule has 0 aliphatic carbocycles. The van der Waals surface area contributed by atoms with Crippen molar-refractivity contribution < 1.29 is 14.6 Å². The van der Waals surface area contributed by atoms with E-state index in [1.807, 2.05) is 0 Å². The van der Waals surface area contributed by atoms with Crippen LogP contribution < -0.4 is 4.74 Å². The van der Waals surface area contributed by atoms with Gasteiger partial charge in [-0.05, 0) is 41.6 Å². The molecule has 17 heavy (non-hydrogen) atoms. The molecule has 0 aliphatic heterocycles. The second-order valence-corrected chi connectivity index (χ2v) is 3.31. The van der Waals surface area contributed by atoms with Crippen LogP contribution in [0.15, 0.2) is 24.3 Å². The van der Waals surface area contributed by atoms with Gasteiger partial charge >= 0.3 is 5.97 Å². The third-order valence-electron chi connectivity index (χ3n) is 2.07. The number of rotatable bonds is 4. The number of hydrogen-bond donors (Lipinski definition) is 1. The lowest BCUT2D eigenvalue weighted by Crippen LogP contribution is -2.09. The van der Waals surface area contributed by atoms with E-state index >= 15 is 0 Å². The zero-order valence-electron chi connectivity index (χ0n) is 9.07. The molecule has 7 heteroatoms. The molecule has 0 aliphatic rings. The monoisotopic (exact) mass is 234 g/mol. The van der Waals surface area contributed by atoms with Crippen molar-refractivity contribution in [1.29, 1.82) is 0 Å². The number of carbonyl (C=O) groups is 1. The van der Waals surface area contributed by atoms with Gasteiger partial charge in [-0.2, -0.15) is 4.68 Å². The second kappa shape index (κ2) is 4.60. The summed E-state index contributed by atoms with van der Waals surface area (Å²) >= 11 is 0. The molecule has 0 bridgehead atoms. The first-order chi connectivity index (χ1) is 8.16. The molecule has 1 N–H and O–H groups in total. The predicted octanol–water partition coefficient (Wildman–Crippen LogP) is 0.434. The van der Waals surface area contributed by atoms with E-state index in [4.69, 9.17) is 9.84 Å². The molecule has 7 nitrogen and oxygen atoms in total. The average Bonchev–Trinajstić information content (AvgIpc) is 2.73. The maximum atomic E-state index is 10.3. The molecule has 0 atom stereocenters. The lowest BCUT2D eigenvalue weighted by molar-refractivity contribution is -0.139. The van der Waals surface area contributed by atoms with Crippen LogP contribution in [0.25, 0.3) is 5.69 Å². The number of benzene rings is 1. The maximum absolute atomic E-state index is 10.3. The van der Waals surface area contributed by atoms with Crippen molar-refractivity contribution in [2.45, 2.75) is 6.92 Å². The van der Waals surface area contributed by atoms with E-state index < -0.39 is 5.97 Å². The van der Waals surface area contributed by atoms with E-state index in [-0.39, 0.29) is 6.61 Å². The number of nitrogens with zero attached hydrogens (tertiary/aromatic N) is 4. The maximum Gasteiger partial charge on any atom is 0.341 e. The number of carboxylic acids is 1. The van der Waals surface area contributed by atoms with Crippen LogP contribution in [0.1, 0.15) is 5.82 Å². The number of carboxylic acid groups (broad SMARTS) is 1. The molecule has 2 rings (SSSR count). The van der Waals surface area contributed by atoms with E-state index in [0.29, 0.717) is 11.6 Å². The fourth-order valence-electron chi connectivity index (χ4n) is 1.30. The average molecular weight is 234 g/mol. The van der Waals surface area contributed by atoms with Crippen LogP contribution in [-0.4, -0.2) is 37.9 Å². The van der Waals surface area contributed by atoms with E-state index in [1.54, 1.807) is 35.9 Å². The molecule has 0 radical (unpaired) electrons. The van der Waals surface area contributed by atoms with Crippen molar-refractivity contribution in [3.63, 3.8) is 0 Å². The molecule has 2 aromatic rings. The summed E-state index contributed by atoms with van der Waals surface area (Å²) in [6.07, 6.45) is 0. The Kier molecular flexibility index (Phi) is 2.99. The lowest BCUT2D eigenvalue weighted by atomic mass is 10.3. The summed E-state index contributed by atoms with van der Waals surface area (Å²) in [5, 5.41) is 19.6. The van der Waals surface area contributed by atoms with Gasteiger partial charge in [-0.25, -0.2) is 4.79 Å². The summed E-state index contributed by atoms with van der Waals surface area (Å²) in [4.78, 5) is 10.3. The Morgan fingerprint density at radius 3 is 2.65 bits per heavy atom. The van der Waals surface area contributed by atoms with E-state index in [0.717, 1.165) is 5.69 Å². The van der Waals surface area contributed by atoms with Gasteiger partial charge in [-0.3, -0.25) is 0 Å². The molecular weight excluding hydrogens is 224 g/mol. The predicted molar refractivity (Wildman–Crippen MR) is 57.0 cm³/mol. The summed E-state index contributed by atoms with van der Waals surface area (Å²) in [6, 6.07) is 6.83. The number of tetrazole rings is 1. The van der Waals surface area contributed by atoms with Crippen molar-refractivity contribution in [1.82, 2.24) is 20.2 Å². The SMILES string of the molecule is Cc1nnnn1-c1ccc(OCC(=O)O)cc1. The van der Waals surface area contributed by atoms with Crippen LogP contribution >= 0.6 is 0 Å². The normalized spacial score (nSPS) is 10.2. The van der Waals surface area contributed by atoms with Gasteiger partial charge in [0.25, 0.3) is 0 Å². The fraction of sp³-hybridized carbons (Fsp3) is 0.200. The topological polar surface area (TPSA) is 90.1 Å². The molecule has 0 unspecified atom stereocenters. The summed E-state index contributed by atoms with van der Waals surface area (Å²) in [6.45, 7) is 1.43. The molecule has 1 aromatic carbocycles. The molecule has 0 fully saturated rings. The summed E-state index contributed by atoms with van der Waals surface area (Å²) in [5.74, 6) is 0.150. The highest BCUT2D eigenvalue weighted by Crippen LogP contribution is 2.14.